The van der Waals surface area contributed by atoms with E-state index >= 15 is 0 Å². The molecule has 0 atom stereocenters. The molecule has 0 heterocycles. The van der Waals surface area contributed by atoms with Gasteiger partial charge in [0.15, 0.2) is 17.3 Å². The molecule has 1 aromatic carbocycles. The molecule has 27 heavy (non-hydrogen) atoms. The maximum absolute atomic E-state index is 12.5. The fraction of sp³-hybridized carbons (Fsp3) is 0.500. The summed E-state index contributed by atoms with van der Waals surface area (Å²) in [6, 6.07) is 3.29. The Morgan fingerprint density at radius 2 is 1.52 bits per heavy atom. The average molecular weight is 380 g/mol. The van der Waals surface area contributed by atoms with Crippen molar-refractivity contribution in [2.24, 2.45) is 0 Å². The first-order chi connectivity index (χ1) is 13.0. The van der Waals surface area contributed by atoms with Crippen LogP contribution in [0, 0.1) is 0 Å². The largest absolute Gasteiger partial charge is 0.493 e. The molecule has 150 valence electrons. The second-order valence-corrected chi connectivity index (χ2v) is 5.63. The van der Waals surface area contributed by atoms with E-state index in [2.05, 4.69) is 0 Å². The highest BCUT2D eigenvalue weighted by Gasteiger charge is 2.21. The van der Waals surface area contributed by atoms with E-state index in [9.17, 15) is 9.59 Å². The Morgan fingerprint density at radius 3 is 2.00 bits per heavy atom. The Morgan fingerprint density at radius 1 is 0.926 bits per heavy atom. The van der Waals surface area contributed by atoms with Gasteiger partial charge in [-0.3, -0.25) is 4.79 Å². The smallest absolute Gasteiger partial charge is 0.341 e. The highest BCUT2D eigenvalue weighted by Crippen LogP contribution is 2.38. The van der Waals surface area contributed by atoms with Crippen molar-refractivity contribution in [2.75, 3.05) is 41.2 Å². The number of hydrogen-bond acceptors (Lipinski definition) is 7. The van der Waals surface area contributed by atoms with Gasteiger partial charge in [0.05, 0.1) is 27.9 Å². The summed E-state index contributed by atoms with van der Waals surface area (Å²) in [7, 11) is 4.48. The number of hydrogen-bond donors (Lipinski definition) is 0. The standard InChI is InChI=1S/C20H28O7/c1-6-8-26-13-16(21)15(20(22)27-9-7-2)10-14-11-17(23-3)19(25-5)18(12-14)24-4/h10-12H,6-9,13H2,1-5H3. The third kappa shape index (κ3) is 6.60. The number of esters is 1. The van der Waals surface area contributed by atoms with Crippen molar-refractivity contribution in [3.05, 3.63) is 23.3 Å². The third-order valence-corrected chi connectivity index (χ3v) is 3.54. The van der Waals surface area contributed by atoms with Crippen molar-refractivity contribution in [2.45, 2.75) is 26.7 Å². The Labute approximate surface area is 160 Å². The summed E-state index contributed by atoms with van der Waals surface area (Å²) in [5.74, 6) is 0.122. The van der Waals surface area contributed by atoms with Crippen LogP contribution < -0.4 is 14.2 Å². The number of methoxy groups -OCH3 is 3. The van der Waals surface area contributed by atoms with Gasteiger partial charge in [-0.1, -0.05) is 13.8 Å². The maximum Gasteiger partial charge on any atom is 0.341 e. The van der Waals surface area contributed by atoms with E-state index < -0.39 is 11.8 Å². The molecule has 7 nitrogen and oxygen atoms in total. The number of ketones is 1. The second kappa shape index (κ2) is 12.0. The summed E-state index contributed by atoms with van der Waals surface area (Å²) in [6.45, 7) is 4.29. The van der Waals surface area contributed by atoms with E-state index in [-0.39, 0.29) is 18.8 Å². The summed E-state index contributed by atoms with van der Waals surface area (Å²) in [4.78, 5) is 24.8. The SMILES string of the molecule is CCCOCC(=O)C(=Cc1cc(OC)c(OC)c(OC)c1)C(=O)OCCC. The molecule has 0 aliphatic heterocycles. The van der Waals surface area contributed by atoms with Crippen molar-refractivity contribution in [1.29, 1.82) is 0 Å². The molecule has 0 fully saturated rings. The Kier molecular flexibility index (Phi) is 9.96. The van der Waals surface area contributed by atoms with Gasteiger partial charge in [-0.05, 0) is 36.6 Å². The number of Topliss-reactive ketones (excluding diaryl/α,β-unsaturated/α-hetero) is 1. The first kappa shape index (κ1) is 22.5. The van der Waals surface area contributed by atoms with Gasteiger partial charge in [-0.2, -0.15) is 0 Å². The van der Waals surface area contributed by atoms with Crippen LogP contribution in [0.1, 0.15) is 32.3 Å². The zero-order valence-electron chi connectivity index (χ0n) is 16.6. The van der Waals surface area contributed by atoms with Crippen LogP contribution in [-0.2, 0) is 19.1 Å². The Balaban J connectivity index is 3.28. The van der Waals surface area contributed by atoms with Crippen LogP contribution in [0.3, 0.4) is 0 Å². The Hall–Kier alpha value is -2.54. The summed E-state index contributed by atoms with van der Waals surface area (Å²) in [5.41, 5.74) is 0.450. The van der Waals surface area contributed by atoms with E-state index in [4.69, 9.17) is 23.7 Å². The van der Waals surface area contributed by atoms with Crippen molar-refractivity contribution in [1.82, 2.24) is 0 Å². The fourth-order valence-corrected chi connectivity index (χ4v) is 2.26. The molecular weight excluding hydrogens is 352 g/mol. The Bertz CT molecular complexity index is 639. The van der Waals surface area contributed by atoms with Crippen molar-refractivity contribution in [3.8, 4) is 17.2 Å². The van der Waals surface area contributed by atoms with Crippen LogP contribution in [0.15, 0.2) is 17.7 Å². The molecule has 0 spiro atoms. The molecule has 0 unspecified atom stereocenters. The number of carbonyl (C=O) groups is 2. The highest BCUT2D eigenvalue weighted by atomic mass is 16.5. The molecule has 0 bridgehead atoms. The van der Waals surface area contributed by atoms with Gasteiger partial charge in [0.2, 0.25) is 5.75 Å². The minimum Gasteiger partial charge on any atom is -0.493 e. The third-order valence-electron chi connectivity index (χ3n) is 3.54. The molecule has 0 aliphatic rings. The van der Waals surface area contributed by atoms with Gasteiger partial charge in [-0.15, -0.1) is 0 Å². The molecule has 0 amide bonds. The minimum absolute atomic E-state index is 0.0890. The quantitative estimate of drug-likeness (QED) is 0.181. The maximum atomic E-state index is 12.5. The molecule has 1 rings (SSSR count). The summed E-state index contributed by atoms with van der Waals surface area (Å²) in [6.07, 6.45) is 2.88. The molecule has 7 heteroatoms. The summed E-state index contributed by atoms with van der Waals surface area (Å²) >= 11 is 0. The van der Waals surface area contributed by atoms with E-state index in [1.165, 1.54) is 27.4 Å². The fourth-order valence-electron chi connectivity index (χ4n) is 2.26. The van der Waals surface area contributed by atoms with Gasteiger partial charge in [0.1, 0.15) is 12.2 Å². The molecule has 0 aromatic heterocycles. The lowest BCUT2D eigenvalue weighted by molar-refractivity contribution is -0.141. The van der Waals surface area contributed by atoms with Gasteiger partial charge in [-0.25, -0.2) is 4.79 Å². The first-order valence-electron chi connectivity index (χ1n) is 8.82. The minimum atomic E-state index is -0.685. The van der Waals surface area contributed by atoms with Gasteiger partial charge in [0, 0.05) is 6.61 Å². The number of rotatable bonds is 12. The molecule has 0 saturated heterocycles. The van der Waals surface area contributed by atoms with Crippen LogP contribution >= 0.6 is 0 Å². The van der Waals surface area contributed by atoms with E-state index in [0.29, 0.717) is 35.8 Å². The van der Waals surface area contributed by atoms with E-state index in [1.807, 2.05) is 13.8 Å². The van der Waals surface area contributed by atoms with E-state index in [0.717, 1.165) is 6.42 Å². The monoisotopic (exact) mass is 380 g/mol. The van der Waals surface area contributed by atoms with Gasteiger partial charge >= 0.3 is 5.97 Å². The zero-order valence-corrected chi connectivity index (χ0v) is 16.6. The lowest BCUT2D eigenvalue weighted by Gasteiger charge is -2.13. The summed E-state index contributed by atoms with van der Waals surface area (Å²) in [5, 5.41) is 0. The molecule has 0 radical (unpaired) electrons. The molecule has 0 N–H and O–H groups in total. The summed E-state index contributed by atoms with van der Waals surface area (Å²) < 4.78 is 26.3. The highest BCUT2D eigenvalue weighted by molar-refractivity contribution is 6.21. The molecular formula is C20H28O7. The van der Waals surface area contributed by atoms with Crippen LogP contribution in [0.4, 0.5) is 0 Å². The van der Waals surface area contributed by atoms with Crippen LogP contribution in [0.2, 0.25) is 0 Å². The van der Waals surface area contributed by atoms with E-state index in [1.54, 1.807) is 12.1 Å². The van der Waals surface area contributed by atoms with Crippen LogP contribution in [-0.4, -0.2) is 52.9 Å². The van der Waals surface area contributed by atoms with Crippen molar-refractivity contribution >= 4 is 17.8 Å². The normalized spacial score (nSPS) is 11.1. The molecule has 1 aromatic rings. The second-order valence-electron chi connectivity index (χ2n) is 5.63. The lowest BCUT2D eigenvalue weighted by Crippen LogP contribution is -2.20. The van der Waals surface area contributed by atoms with Crippen LogP contribution in [0.5, 0.6) is 17.2 Å². The average Bonchev–Trinajstić information content (AvgIpc) is 2.69. The van der Waals surface area contributed by atoms with Crippen molar-refractivity contribution < 1.29 is 33.3 Å². The van der Waals surface area contributed by atoms with Crippen molar-refractivity contribution in [3.63, 3.8) is 0 Å². The number of ether oxygens (including phenoxy) is 5. The lowest BCUT2D eigenvalue weighted by atomic mass is 10.1. The number of benzene rings is 1. The molecule has 0 saturated carbocycles. The topological polar surface area (TPSA) is 80.3 Å². The predicted molar refractivity (Wildman–Crippen MR) is 101 cm³/mol. The first-order valence-corrected chi connectivity index (χ1v) is 8.82. The van der Waals surface area contributed by atoms with Gasteiger partial charge in [0.25, 0.3) is 0 Å². The number of carbonyl (C=O) groups excluding carboxylic acids is 2. The predicted octanol–water partition coefficient (Wildman–Crippen LogP) is 3.04. The van der Waals surface area contributed by atoms with Gasteiger partial charge < -0.3 is 23.7 Å². The zero-order chi connectivity index (χ0) is 20.2. The molecule has 0 aliphatic carbocycles. The van der Waals surface area contributed by atoms with Crippen LogP contribution in [0.25, 0.3) is 6.08 Å².